The van der Waals surface area contributed by atoms with Crippen molar-refractivity contribution in [2.24, 2.45) is 0 Å². The van der Waals surface area contributed by atoms with Crippen molar-refractivity contribution < 1.29 is 28.2 Å². The van der Waals surface area contributed by atoms with Crippen molar-refractivity contribution in [3.05, 3.63) is 35.3 Å². The van der Waals surface area contributed by atoms with E-state index in [0.29, 0.717) is 21.6 Å². The van der Waals surface area contributed by atoms with Crippen LogP contribution in [-0.2, 0) is 14.3 Å². The molecule has 3 rings (SSSR count). The van der Waals surface area contributed by atoms with Crippen LogP contribution < -0.4 is 9.47 Å². The maximum Gasteiger partial charge on any atom is 0.308 e. The number of hydrogen-bond donors (Lipinski definition) is 0. The largest absolute Gasteiger partial charge is 0.497 e. The summed E-state index contributed by atoms with van der Waals surface area (Å²) in [5, 5.41) is 0.658. The van der Waals surface area contributed by atoms with Gasteiger partial charge in [0.05, 0.1) is 26.2 Å². The molecule has 0 saturated heterocycles. The molecule has 32 heavy (non-hydrogen) atoms. The lowest BCUT2D eigenvalue weighted by atomic mass is 10.1. The highest BCUT2D eigenvalue weighted by molar-refractivity contribution is 9.10. The van der Waals surface area contributed by atoms with Crippen molar-refractivity contribution in [1.82, 2.24) is 9.97 Å². The zero-order valence-electron chi connectivity index (χ0n) is 18.8. The van der Waals surface area contributed by atoms with Crippen molar-refractivity contribution in [3.8, 4) is 22.8 Å². The maximum atomic E-state index is 11.8. The van der Waals surface area contributed by atoms with Crippen LogP contribution in [0.1, 0.15) is 34.1 Å². The molecule has 1 atom stereocenters. The number of hydrogen-bond acceptors (Lipinski definition) is 8. The minimum Gasteiger partial charge on any atom is -0.497 e. The second-order valence-electron chi connectivity index (χ2n) is 8.17. The molecule has 0 N–H and O–H groups in total. The summed E-state index contributed by atoms with van der Waals surface area (Å²) in [5.74, 6) is 0.844. The van der Waals surface area contributed by atoms with E-state index in [-0.39, 0.29) is 31.7 Å². The first-order valence-corrected chi connectivity index (χ1v) is 11.0. The minimum absolute atomic E-state index is 0.176. The number of ether oxygens (including phenoxy) is 4. The Balaban J connectivity index is 1.68. The number of benzene rings is 1. The molecule has 0 aliphatic carbocycles. The van der Waals surface area contributed by atoms with Gasteiger partial charge < -0.3 is 23.4 Å². The highest BCUT2D eigenvalue weighted by Crippen LogP contribution is 2.41. The molecule has 0 unspecified atom stereocenters. The van der Waals surface area contributed by atoms with E-state index in [1.54, 1.807) is 7.11 Å². The van der Waals surface area contributed by atoms with Gasteiger partial charge in [0.15, 0.2) is 4.67 Å². The number of carbonyl (C=O) groups excluding carboxylic acids is 1. The Hall–Kier alpha value is -2.65. The molecule has 8 nitrogen and oxygen atoms in total. The van der Waals surface area contributed by atoms with Crippen LogP contribution in [0.4, 0.5) is 0 Å². The van der Waals surface area contributed by atoms with Gasteiger partial charge in [0, 0.05) is 5.56 Å². The number of rotatable bonds is 9. The quantitative estimate of drug-likeness (QED) is 0.366. The number of nitrogens with zero attached hydrogens (tertiary/aromatic N) is 2. The lowest BCUT2D eigenvalue weighted by molar-refractivity contribution is -0.156. The number of halogens is 1. The van der Waals surface area contributed by atoms with Crippen molar-refractivity contribution in [3.63, 3.8) is 0 Å². The van der Waals surface area contributed by atoms with Gasteiger partial charge in [-0.05, 0) is 61.3 Å². The summed E-state index contributed by atoms with van der Waals surface area (Å²) in [5.41, 5.74) is 1.59. The van der Waals surface area contributed by atoms with Crippen LogP contribution in [0.3, 0.4) is 0 Å². The van der Waals surface area contributed by atoms with Crippen LogP contribution in [0.5, 0.6) is 11.6 Å². The first-order chi connectivity index (χ1) is 15.2. The molecule has 2 heterocycles. The smallest absolute Gasteiger partial charge is 0.308 e. The van der Waals surface area contributed by atoms with E-state index in [1.165, 1.54) is 6.33 Å². The zero-order valence-corrected chi connectivity index (χ0v) is 20.4. The van der Waals surface area contributed by atoms with E-state index in [1.807, 2.05) is 52.0 Å². The number of esters is 1. The van der Waals surface area contributed by atoms with Crippen molar-refractivity contribution in [2.45, 2.75) is 45.8 Å². The molecule has 3 aromatic rings. The average Bonchev–Trinajstić information content (AvgIpc) is 3.07. The molecule has 0 aliphatic rings. The third kappa shape index (κ3) is 6.20. The summed E-state index contributed by atoms with van der Waals surface area (Å²) < 4.78 is 28.4. The lowest BCUT2D eigenvalue weighted by Gasteiger charge is -2.20. The molecule has 1 aromatic carbocycles. The Morgan fingerprint density at radius 3 is 2.56 bits per heavy atom. The average molecular weight is 507 g/mol. The molecule has 172 valence electrons. The fourth-order valence-corrected chi connectivity index (χ4v) is 3.57. The van der Waals surface area contributed by atoms with Gasteiger partial charge in [-0.1, -0.05) is 12.1 Å². The van der Waals surface area contributed by atoms with E-state index in [4.69, 9.17) is 23.4 Å². The monoisotopic (exact) mass is 506 g/mol. The van der Waals surface area contributed by atoms with Crippen LogP contribution in [0, 0.1) is 0 Å². The molecule has 0 fully saturated rings. The summed E-state index contributed by atoms with van der Waals surface area (Å²) in [7, 11) is 1.62. The van der Waals surface area contributed by atoms with Gasteiger partial charge in [0.2, 0.25) is 11.6 Å². The van der Waals surface area contributed by atoms with E-state index in [0.717, 1.165) is 16.9 Å². The molecular weight excluding hydrogens is 480 g/mol. The lowest BCUT2D eigenvalue weighted by Crippen LogP contribution is -2.25. The standard InChI is InChI=1S/C23H27BrN2O6/c1-14(29-11-10-17(27)32-23(2,3)4)12-30-21-19-18(15-6-8-16(28-5)9-7-15)20(24)31-22(19)26-13-25-21/h6-9,13-14H,10-12H2,1-5H3/t14-/m0/s1. The van der Waals surface area contributed by atoms with Crippen LogP contribution in [0.2, 0.25) is 0 Å². The van der Waals surface area contributed by atoms with E-state index in [2.05, 4.69) is 25.9 Å². The number of methoxy groups -OCH3 is 1. The zero-order chi connectivity index (χ0) is 23.3. The summed E-state index contributed by atoms with van der Waals surface area (Å²) in [4.78, 5) is 20.3. The number of fused-ring (bicyclic) bond motifs is 1. The summed E-state index contributed by atoms with van der Waals surface area (Å²) in [6, 6.07) is 7.58. The molecule has 2 aromatic heterocycles. The highest BCUT2D eigenvalue weighted by Gasteiger charge is 2.21. The Morgan fingerprint density at radius 1 is 1.19 bits per heavy atom. The minimum atomic E-state index is -0.509. The third-order valence-electron chi connectivity index (χ3n) is 4.37. The van der Waals surface area contributed by atoms with Crippen LogP contribution in [0.25, 0.3) is 22.2 Å². The fraction of sp³-hybridized carbons (Fsp3) is 0.435. The van der Waals surface area contributed by atoms with Gasteiger partial charge in [0.25, 0.3) is 0 Å². The molecule has 0 bridgehead atoms. The Morgan fingerprint density at radius 2 is 1.91 bits per heavy atom. The van der Waals surface area contributed by atoms with Crippen LogP contribution in [0.15, 0.2) is 39.7 Å². The van der Waals surface area contributed by atoms with Gasteiger partial charge in [-0.15, -0.1) is 0 Å². The summed E-state index contributed by atoms with van der Waals surface area (Å²) in [6.45, 7) is 7.85. The van der Waals surface area contributed by atoms with E-state index < -0.39 is 5.60 Å². The third-order valence-corrected chi connectivity index (χ3v) is 4.93. The van der Waals surface area contributed by atoms with E-state index in [9.17, 15) is 4.79 Å². The van der Waals surface area contributed by atoms with Gasteiger partial charge in [-0.25, -0.2) is 9.97 Å². The van der Waals surface area contributed by atoms with Crippen molar-refractivity contribution >= 4 is 33.0 Å². The molecule has 0 aliphatic heterocycles. The topological polar surface area (TPSA) is 92.9 Å². The fourth-order valence-electron chi connectivity index (χ4n) is 2.99. The Bertz CT molecular complexity index is 1060. The molecule has 0 spiro atoms. The second kappa shape index (κ2) is 10.3. The van der Waals surface area contributed by atoms with Gasteiger partial charge in [0.1, 0.15) is 29.7 Å². The van der Waals surface area contributed by atoms with Gasteiger partial charge >= 0.3 is 5.97 Å². The number of aromatic nitrogens is 2. The molecule has 0 radical (unpaired) electrons. The van der Waals surface area contributed by atoms with Crippen molar-refractivity contribution in [2.75, 3.05) is 20.3 Å². The maximum absolute atomic E-state index is 11.8. The SMILES string of the molecule is COc1ccc(-c2c(Br)oc3ncnc(OC[C@H](C)OCCC(=O)OC(C)(C)C)c23)cc1. The first kappa shape index (κ1) is 24.0. The molecular formula is C23H27BrN2O6. The predicted octanol–water partition coefficient (Wildman–Crippen LogP) is 5.18. The van der Waals surface area contributed by atoms with Gasteiger partial charge in [-0.3, -0.25) is 4.79 Å². The van der Waals surface area contributed by atoms with Gasteiger partial charge in [-0.2, -0.15) is 0 Å². The summed E-state index contributed by atoms with van der Waals surface area (Å²) >= 11 is 3.47. The number of furan rings is 1. The normalized spacial score (nSPS) is 12.6. The summed E-state index contributed by atoms with van der Waals surface area (Å²) in [6.07, 6.45) is 1.30. The van der Waals surface area contributed by atoms with Crippen LogP contribution in [-0.4, -0.2) is 48.0 Å². The van der Waals surface area contributed by atoms with Crippen molar-refractivity contribution in [1.29, 1.82) is 0 Å². The Kier molecular flexibility index (Phi) is 7.73. The second-order valence-corrected chi connectivity index (χ2v) is 8.89. The van der Waals surface area contributed by atoms with Crippen LogP contribution >= 0.6 is 15.9 Å². The predicted molar refractivity (Wildman–Crippen MR) is 123 cm³/mol. The number of carbonyl (C=O) groups is 1. The molecule has 0 saturated carbocycles. The molecule has 9 heteroatoms. The first-order valence-electron chi connectivity index (χ1n) is 10.2. The van der Waals surface area contributed by atoms with E-state index >= 15 is 0 Å². The highest BCUT2D eigenvalue weighted by atomic mass is 79.9. The Labute approximate surface area is 195 Å². The molecule has 0 amide bonds.